The summed E-state index contributed by atoms with van der Waals surface area (Å²) in [6.07, 6.45) is -0.213. The second kappa shape index (κ2) is 9.43. The fraction of sp³-hybridized carbons (Fsp3) is 0.391. The number of halogens is 1. The highest BCUT2D eigenvalue weighted by Gasteiger charge is 2.39. The van der Waals surface area contributed by atoms with E-state index in [2.05, 4.69) is 0 Å². The lowest BCUT2D eigenvalue weighted by Crippen LogP contribution is -2.46. The topological polar surface area (TPSA) is 108 Å². The molecule has 0 aliphatic carbocycles. The highest BCUT2D eigenvalue weighted by Crippen LogP contribution is 2.34. The van der Waals surface area contributed by atoms with Crippen LogP contribution >= 0.6 is 0 Å². The molecule has 2 aromatic carbocycles. The minimum absolute atomic E-state index is 0.163. The molecular formula is C23H25FN2O7. The van der Waals surface area contributed by atoms with Crippen molar-refractivity contribution in [3.63, 3.8) is 0 Å². The van der Waals surface area contributed by atoms with Gasteiger partial charge in [-0.15, -0.1) is 0 Å². The van der Waals surface area contributed by atoms with Crippen LogP contribution in [0.15, 0.2) is 36.4 Å². The lowest BCUT2D eigenvalue weighted by atomic mass is 9.92. The third-order valence-corrected chi connectivity index (χ3v) is 5.07. The maximum Gasteiger partial charge on any atom is 0.411 e. The highest BCUT2D eigenvalue weighted by atomic mass is 19.1. The Bertz CT molecular complexity index is 1080. The predicted octanol–water partition coefficient (Wildman–Crippen LogP) is 4.32. The number of nitro benzene ring substituents is 1. The lowest BCUT2D eigenvalue weighted by molar-refractivity contribution is -0.386. The minimum atomic E-state index is -0.990. The first kappa shape index (κ1) is 24.0. The summed E-state index contributed by atoms with van der Waals surface area (Å²) in [4.78, 5) is 37.0. The van der Waals surface area contributed by atoms with Crippen molar-refractivity contribution in [3.05, 3.63) is 69.0 Å². The minimum Gasteiger partial charge on any atom is -0.489 e. The Balaban J connectivity index is 1.85. The van der Waals surface area contributed by atoms with Crippen molar-refractivity contribution in [2.75, 3.05) is 13.7 Å². The molecule has 9 nitrogen and oxygen atoms in total. The van der Waals surface area contributed by atoms with Crippen molar-refractivity contribution in [3.8, 4) is 5.75 Å². The van der Waals surface area contributed by atoms with Crippen molar-refractivity contribution < 1.29 is 33.1 Å². The van der Waals surface area contributed by atoms with E-state index in [1.54, 1.807) is 39.0 Å². The van der Waals surface area contributed by atoms with E-state index in [4.69, 9.17) is 14.2 Å². The average Bonchev–Trinajstić information content (AvgIpc) is 2.75. The number of hydrogen-bond donors (Lipinski definition) is 0. The predicted molar refractivity (Wildman–Crippen MR) is 115 cm³/mol. The number of fused-ring (bicyclic) bond motifs is 1. The molecule has 0 fully saturated rings. The van der Waals surface area contributed by atoms with Gasteiger partial charge in [0, 0.05) is 12.6 Å². The van der Waals surface area contributed by atoms with Crippen molar-refractivity contribution in [1.82, 2.24) is 4.90 Å². The average molecular weight is 460 g/mol. The zero-order chi connectivity index (χ0) is 24.3. The van der Waals surface area contributed by atoms with Crippen LogP contribution in [0.4, 0.5) is 14.9 Å². The van der Waals surface area contributed by atoms with Crippen LogP contribution < -0.4 is 4.74 Å². The third-order valence-electron chi connectivity index (χ3n) is 5.07. The van der Waals surface area contributed by atoms with Gasteiger partial charge in [-0.1, -0.05) is 12.1 Å². The number of carbonyl (C=O) groups excluding carboxylic acids is 2. The van der Waals surface area contributed by atoms with Crippen LogP contribution in [0, 0.1) is 15.9 Å². The standard InChI is InChI=1S/C23H25FN2O7/c1-23(2,3)33-22(28)25-11-10-14-12-15(8-9-16(14)20(25)21(27)31-4)32-13-17-18(24)6-5-7-19(17)26(29)30/h5-9,12,20H,10-11,13H2,1-4H3/t20-/m1/s1. The molecule has 0 saturated carbocycles. The van der Waals surface area contributed by atoms with Crippen LogP contribution in [0.3, 0.4) is 0 Å². The Hall–Kier alpha value is -3.69. The molecule has 33 heavy (non-hydrogen) atoms. The second-order valence-corrected chi connectivity index (χ2v) is 8.49. The van der Waals surface area contributed by atoms with Gasteiger partial charge in [-0.2, -0.15) is 0 Å². The first-order valence-corrected chi connectivity index (χ1v) is 10.3. The van der Waals surface area contributed by atoms with Gasteiger partial charge >= 0.3 is 12.1 Å². The van der Waals surface area contributed by atoms with E-state index in [0.29, 0.717) is 17.7 Å². The number of hydrogen-bond acceptors (Lipinski definition) is 7. The number of methoxy groups -OCH3 is 1. The van der Waals surface area contributed by atoms with E-state index in [1.807, 2.05) is 0 Å². The molecule has 1 aliphatic rings. The zero-order valence-corrected chi connectivity index (χ0v) is 18.8. The Morgan fingerprint density at radius 3 is 2.61 bits per heavy atom. The van der Waals surface area contributed by atoms with E-state index in [-0.39, 0.29) is 24.4 Å². The molecule has 1 atom stereocenters. The van der Waals surface area contributed by atoms with E-state index in [9.17, 15) is 24.1 Å². The van der Waals surface area contributed by atoms with Gasteiger partial charge in [0.2, 0.25) is 0 Å². The normalized spacial score (nSPS) is 15.4. The van der Waals surface area contributed by atoms with Crippen molar-refractivity contribution >= 4 is 17.7 Å². The van der Waals surface area contributed by atoms with Crippen LogP contribution in [0.1, 0.15) is 43.5 Å². The van der Waals surface area contributed by atoms with Gasteiger partial charge in [0.1, 0.15) is 29.3 Å². The van der Waals surface area contributed by atoms with Crippen LogP contribution in [0.25, 0.3) is 0 Å². The first-order valence-electron chi connectivity index (χ1n) is 10.3. The molecule has 0 bridgehead atoms. The molecule has 3 rings (SSSR count). The van der Waals surface area contributed by atoms with E-state index >= 15 is 0 Å². The van der Waals surface area contributed by atoms with Crippen LogP contribution in [0.2, 0.25) is 0 Å². The van der Waals surface area contributed by atoms with Crippen molar-refractivity contribution in [1.29, 1.82) is 0 Å². The van der Waals surface area contributed by atoms with Gasteiger partial charge in [-0.25, -0.2) is 14.0 Å². The largest absolute Gasteiger partial charge is 0.489 e. The summed E-state index contributed by atoms with van der Waals surface area (Å²) in [6.45, 7) is 5.08. The molecule has 0 N–H and O–H groups in total. The number of carbonyl (C=O) groups is 2. The summed E-state index contributed by atoms with van der Waals surface area (Å²) in [6, 6.07) is 7.46. The molecule has 176 valence electrons. The number of ether oxygens (including phenoxy) is 3. The Morgan fingerprint density at radius 2 is 1.97 bits per heavy atom. The SMILES string of the molecule is COC(=O)[C@H]1c2ccc(OCc3c(F)cccc3[N+](=O)[O-])cc2CCN1C(=O)OC(C)(C)C. The number of benzene rings is 2. The highest BCUT2D eigenvalue weighted by molar-refractivity contribution is 5.84. The van der Waals surface area contributed by atoms with Gasteiger partial charge in [0.05, 0.1) is 12.0 Å². The van der Waals surface area contributed by atoms with Crippen LogP contribution in [-0.4, -0.2) is 41.1 Å². The smallest absolute Gasteiger partial charge is 0.411 e. The molecule has 1 heterocycles. The van der Waals surface area contributed by atoms with E-state index < -0.39 is 34.4 Å². The van der Waals surface area contributed by atoms with Gasteiger partial charge in [0.25, 0.3) is 5.69 Å². The number of esters is 1. The Kier molecular flexibility index (Phi) is 6.85. The number of rotatable bonds is 5. The maximum absolute atomic E-state index is 14.1. The summed E-state index contributed by atoms with van der Waals surface area (Å²) < 4.78 is 30.1. The molecule has 10 heteroatoms. The van der Waals surface area contributed by atoms with Gasteiger partial charge < -0.3 is 14.2 Å². The first-order chi connectivity index (χ1) is 15.5. The fourth-order valence-electron chi connectivity index (χ4n) is 3.59. The van der Waals surface area contributed by atoms with E-state index in [1.165, 1.54) is 24.1 Å². The Labute approximate surface area is 190 Å². The molecule has 1 aliphatic heterocycles. The number of amides is 1. The number of nitrogens with zero attached hydrogens (tertiary/aromatic N) is 2. The molecule has 0 aromatic heterocycles. The summed E-state index contributed by atoms with van der Waals surface area (Å²) in [5.74, 6) is -1.00. The van der Waals surface area contributed by atoms with Crippen molar-refractivity contribution in [2.24, 2.45) is 0 Å². The van der Waals surface area contributed by atoms with E-state index in [0.717, 1.165) is 11.6 Å². The molecular weight excluding hydrogens is 435 g/mol. The van der Waals surface area contributed by atoms with Crippen LogP contribution in [0.5, 0.6) is 5.75 Å². The monoisotopic (exact) mass is 460 g/mol. The molecule has 0 radical (unpaired) electrons. The third kappa shape index (κ3) is 5.39. The molecule has 0 saturated heterocycles. The summed E-state index contributed by atoms with van der Waals surface area (Å²) in [5, 5.41) is 11.2. The zero-order valence-electron chi connectivity index (χ0n) is 18.8. The van der Waals surface area contributed by atoms with Gasteiger partial charge in [-0.3, -0.25) is 15.0 Å². The van der Waals surface area contributed by atoms with Gasteiger partial charge in [-0.05, 0) is 56.5 Å². The Morgan fingerprint density at radius 1 is 1.24 bits per heavy atom. The fourth-order valence-corrected chi connectivity index (χ4v) is 3.59. The summed E-state index contributed by atoms with van der Waals surface area (Å²) >= 11 is 0. The summed E-state index contributed by atoms with van der Waals surface area (Å²) in [7, 11) is 1.24. The molecule has 2 aromatic rings. The molecule has 0 unspecified atom stereocenters. The second-order valence-electron chi connectivity index (χ2n) is 8.49. The molecule has 0 spiro atoms. The number of nitro groups is 1. The van der Waals surface area contributed by atoms with Crippen LogP contribution in [-0.2, 0) is 27.3 Å². The quantitative estimate of drug-likeness (QED) is 0.371. The summed E-state index contributed by atoms with van der Waals surface area (Å²) in [5.41, 5.74) is 0.0369. The van der Waals surface area contributed by atoms with Gasteiger partial charge in [0.15, 0.2) is 6.04 Å². The maximum atomic E-state index is 14.1. The lowest BCUT2D eigenvalue weighted by Gasteiger charge is -2.36. The molecule has 1 amide bonds. The van der Waals surface area contributed by atoms with Crippen molar-refractivity contribution in [2.45, 2.75) is 45.4 Å².